The normalized spacial score (nSPS) is 16.5. The van der Waals surface area contributed by atoms with Crippen molar-refractivity contribution in [1.29, 1.82) is 5.41 Å². The molecule has 1 fully saturated rings. The topological polar surface area (TPSA) is 79.1 Å². The zero-order chi connectivity index (χ0) is 9.26. The van der Waals surface area contributed by atoms with Crippen LogP contribution in [0.2, 0.25) is 0 Å². The molecular formula is C8H12N4O. The van der Waals surface area contributed by atoms with Gasteiger partial charge in [0.25, 0.3) is 6.01 Å². The van der Waals surface area contributed by atoms with Gasteiger partial charge < -0.3 is 15.1 Å². The van der Waals surface area contributed by atoms with Crippen LogP contribution in [0.1, 0.15) is 18.6 Å². The number of hydrogen-bond donors (Lipinski definition) is 2. The third kappa shape index (κ3) is 1.49. The Balaban J connectivity index is 2.16. The summed E-state index contributed by atoms with van der Waals surface area (Å²) in [5.41, 5.74) is 5.26. The van der Waals surface area contributed by atoms with Gasteiger partial charge in [-0.05, 0) is 12.8 Å². The highest BCUT2D eigenvalue weighted by Crippen LogP contribution is 2.19. The van der Waals surface area contributed by atoms with Crippen LogP contribution in [0.4, 0.5) is 6.01 Å². The molecule has 2 heterocycles. The highest BCUT2D eigenvalue weighted by Gasteiger charge is 2.17. The van der Waals surface area contributed by atoms with Crippen molar-refractivity contribution in [3.63, 3.8) is 0 Å². The van der Waals surface area contributed by atoms with Gasteiger partial charge in [0.05, 0.1) is 6.20 Å². The summed E-state index contributed by atoms with van der Waals surface area (Å²) in [6.07, 6.45) is 3.85. The fraction of sp³-hybridized carbons (Fsp3) is 0.500. The van der Waals surface area contributed by atoms with E-state index in [4.69, 9.17) is 15.6 Å². The van der Waals surface area contributed by atoms with Crippen molar-refractivity contribution in [2.75, 3.05) is 18.0 Å². The maximum absolute atomic E-state index is 7.14. The molecule has 0 bridgehead atoms. The molecule has 1 aromatic heterocycles. The molecule has 3 N–H and O–H groups in total. The number of anilines is 1. The Bertz CT molecular complexity index is 314. The fourth-order valence-corrected chi connectivity index (χ4v) is 1.44. The highest BCUT2D eigenvalue weighted by atomic mass is 16.4. The standard InChI is InChI=1S/C8H12N4O/c9-7(10)6-5-11-8(13-6)12-3-1-2-4-12/h5H,1-4H2,(H3,9,10). The van der Waals surface area contributed by atoms with E-state index in [2.05, 4.69) is 9.88 Å². The van der Waals surface area contributed by atoms with E-state index in [0.717, 1.165) is 13.1 Å². The van der Waals surface area contributed by atoms with Crippen LogP contribution in [0.15, 0.2) is 10.6 Å². The minimum atomic E-state index is -0.0713. The Kier molecular flexibility index (Phi) is 1.92. The Morgan fingerprint density at radius 2 is 2.23 bits per heavy atom. The molecule has 2 rings (SSSR count). The van der Waals surface area contributed by atoms with Crippen LogP contribution < -0.4 is 10.6 Å². The number of oxazole rings is 1. The van der Waals surface area contributed by atoms with Crippen molar-refractivity contribution >= 4 is 11.9 Å². The van der Waals surface area contributed by atoms with Crippen molar-refractivity contribution < 1.29 is 4.42 Å². The lowest BCUT2D eigenvalue weighted by Gasteiger charge is -2.10. The maximum atomic E-state index is 7.14. The summed E-state index contributed by atoms with van der Waals surface area (Å²) in [5, 5.41) is 7.14. The number of nitrogens with one attached hydrogen (secondary N) is 1. The van der Waals surface area contributed by atoms with Crippen molar-refractivity contribution in [2.45, 2.75) is 12.8 Å². The van der Waals surface area contributed by atoms with Gasteiger partial charge >= 0.3 is 0 Å². The van der Waals surface area contributed by atoms with E-state index < -0.39 is 0 Å². The van der Waals surface area contributed by atoms with Crippen LogP contribution in [0.25, 0.3) is 0 Å². The molecule has 0 spiro atoms. The second-order valence-electron chi connectivity index (χ2n) is 3.11. The minimum absolute atomic E-state index is 0.0713. The van der Waals surface area contributed by atoms with Crippen LogP contribution >= 0.6 is 0 Å². The van der Waals surface area contributed by atoms with Crippen LogP contribution in [0.5, 0.6) is 0 Å². The molecule has 1 saturated heterocycles. The second-order valence-corrected chi connectivity index (χ2v) is 3.11. The van der Waals surface area contributed by atoms with Gasteiger partial charge in [-0.1, -0.05) is 0 Å². The number of amidine groups is 1. The zero-order valence-electron chi connectivity index (χ0n) is 7.29. The first-order chi connectivity index (χ1) is 6.27. The van der Waals surface area contributed by atoms with Gasteiger partial charge in [0.2, 0.25) is 0 Å². The fourth-order valence-electron chi connectivity index (χ4n) is 1.44. The molecule has 0 aromatic carbocycles. The number of aromatic nitrogens is 1. The molecule has 5 nitrogen and oxygen atoms in total. The Morgan fingerprint density at radius 3 is 2.77 bits per heavy atom. The molecule has 0 unspecified atom stereocenters. The van der Waals surface area contributed by atoms with Gasteiger partial charge in [0.15, 0.2) is 11.6 Å². The van der Waals surface area contributed by atoms with E-state index in [1.807, 2.05) is 0 Å². The third-order valence-electron chi connectivity index (χ3n) is 2.14. The van der Waals surface area contributed by atoms with E-state index in [-0.39, 0.29) is 5.84 Å². The van der Waals surface area contributed by atoms with Crippen LogP contribution in [-0.2, 0) is 0 Å². The van der Waals surface area contributed by atoms with Gasteiger partial charge in [-0.2, -0.15) is 0 Å². The summed E-state index contributed by atoms with van der Waals surface area (Å²) in [6, 6.07) is 0.586. The largest absolute Gasteiger partial charge is 0.420 e. The number of nitrogens with two attached hydrogens (primary N) is 1. The SMILES string of the molecule is N=C(N)c1cnc(N2CCCC2)o1. The average molecular weight is 180 g/mol. The van der Waals surface area contributed by atoms with Crippen molar-refractivity contribution in [3.8, 4) is 0 Å². The van der Waals surface area contributed by atoms with Gasteiger partial charge in [-0.25, -0.2) is 4.98 Å². The van der Waals surface area contributed by atoms with Gasteiger partial charge in [0.1, 0.15) is 0 Å². The van der Waals surface area contributed by atoms with E-state index in [1.165, 1.54) is 19.0 Å². The Labute approximate surface area is 76.0 Å². The molecule has 1 aromatic rings. The summed E-state index contributed by atoms with van der Waals surface area (Å²) in [4.78, 5) is 6.12. The minimum Gasteiger partial charge on any atom is -0.420 e. The molecule has 70 valence electrons. The van der Waals surface area contributed by atoms with Gasteiger partial charge in [-0.3, -0.25) is 5.41 Å². The average Bonchev–Trinajstić information content (AvgIpc) is 2.75. The van der Waals surface area contributed by atoms with Crippen LogP contribution in [0, 0.1) is 5.41 Å². The summed E-state index contributed by atoms with van der Waals surface area (Å²) < 4.78 is 5.29. The molecule has 1 aliphatic heterocycles. The Morgan fingerprint density at radius 1 is 1.54 bits per heavy atom. The molecule has 0 aliphatic carbocycles. The zero-order valence-corrected chi connectivity index (χ0v) is 7.29. The highest BCUT2D eigenvalue weighted by molar-refractivity contribution is 5.92. The monoisotopic (exact) mass is 180 g/mol. The lowest BCUT2D eigenvalue weighted by molar-refractivity contribution is 0.538. The third-order valence-corrected chi connectivity index (χ3v) is 2.14. The van der Waals surface area contributed by atoms with Crippen LogP contribution in [0.3, 0.4) is 0 Å². The molecule has 13 heavy (non-hydrogen) atoms. The first kappa shape index (κ1) is 8.10. The molecular weight excluding hydrogens is 168 g/mol. The molecule has 1 aliphatic rings. The molecule has 0 amide bonds. The molecule has 5 heteroatoms. The number of hydrogen-bond acceptors (Lipinski definition) is 4. The lowest BCUT2D eigenvalue weighted by atomic mass is 10.4. The number of nitrogens with zero attached hydrogens (tertiary/aromatic N) is 2. The van der Waals surface area contributed by atoms with Gasteiger partial charge in [0, 0.05) is 13.1 Å². The predicted molar refractivity (Wildman–Crippen MR) is 49.0 cm³/mol. The first-order valence-corrected chi connectivity index (χ1v) is 4.32. The van der Waals surface area contributed by atoms with E-state index >= 15 is 0 Å². The van der Waals surface area contributed by atoms with Crippen LogP contribution in [-0.4, -0.2) is 23.9 Å². The summed E-state index contributed by atoms with van der Waals surface area (Å²) >= 11 is 0. The first-order valence-electron chi connectivity index (χ1n) is 4.32. The van der Waals surface area contributed by atoms with Crippen molar-refractivity contribution in [3.05, 3.63) is 12.0 Å². The lowest BCUT2D eigenvalue weighted by Crippen LogP contribution is -2.17. The van der Waals surface area contributed by atoms with E-state index in [1.54, 1.807) is 0 Å². The summed E-state index contributed by atoms with van der Waals surface area (Å²) in [6.45, 7) is 1.97. The molecule has 0 atom stereocenters. The van der Waals surface area contributed by atoms with Crippen molar-refractivity contribution in [2.24, 2.45) is 5.73 Å². The smallest absolute Gasteiger partial charge is 0.297 e. The number of nitrogen functional groups attached to an aromatic ring is 1. The molecule has 0 saturated carbocycles. The second kappa shape index (κ2) is 3.08. The van der Waals surface area contributed by atoms with Crippen molar-refractivity contribution in [1.82, 2.24) is 4.98 Å². The quantitative estimate of drug-likeness (QED) is 0.514. The van der Waals surface area contributed by atoms with E-state index in [9.17, 15) is 0 Å². The Hall–Kier alpha value is -1.52. The maximum Gasteiger partial charge on any atom is 0.297 e. The summed E-state index contributed by atoms with van der Waals surface area (Å²) in [5.74, 6) is 0.278. The summed E-state index contributed by atoms with van der Waals surface area (Å²) in [7, 11) is 0. The molecule has 0 radical (unpaired) electrons. The number of rotatable bonds is 2. The van der Waals surface area contributed by atoms with Gasteiger partial charge in [-0.15, -0.1) is 0 Å². The predicted octanol–water partition coefficient (Wildman–Crippen LogP) is 0.559. The van der Waals surface area contributed by atoms with E-state index in [0.29, 0.717) is 11.8 Å².